The normalized spacial score (nSPS) is 21.9. The van der Waals surface area contributed by atoms with Crippen LogP contribution >= 0.6 is 11.6 Å². The smallest absolute Gasteiger partial charge is 0.389 e. The molecule has 2 rings (SSSR count). The topological polar surface area (TPSA) is 23.5 Å². The summed E-state index contributed by atoms with van der Waals surface area (Å²) in [6.45, 7) is 2.13. The molecule has 112 valence electrons. The molecule has 20 heavy (non-hydrogen) atoms. The highest BCUT2D eigenvalue weighted by Gasteiger charge is 2.42. The van der Waals surface area contributed by atoms with Gasteiger partial charge in [0.15, 0.2) is 0 Å². The number of halogens is 4. The van der Waals surface area contributed by atoms with E-state index in [1.807, 2.05) is 0 Å². The lowest BCUT2D eigenvalue weighted by Gasteiger charge is -2.35. The first-order valence-electron chi connectivity index (χ1n) is 6.58. The van der Waals surface area contributed by atoms with Crippen molar-refractivity contribution in [2.75, 3.05) is 18.0 Å². The minimum absolute atomic E-state index is 0.0583. The van der Waals surface area contributed by atoms with Gasteiger partial charge in [-0.05, 0) is 37.5 Å². The van der Waals surface area contributed by atoms with Gasteiger partial charge in [-0.2, -0.15) is 13.2 Å². The van der Waals surface area contributed by atoms with Gasteiger partial charge in [-0.1, -0.05) is 17.7 Å². The molecule has 1 saturated heterocycles. The zero-order valence-electron chi connectivity index (χ0n) is 11.1. The third kappa shape index (κ3) is 3.38. The van der Waals surface area contributed by atoms with Gasteiger partial charge in [0, 0.05) is 13.1 Å². The molecule has 1 aliphatic rings. The second kappa shape index (κ2) is 5.82. The van der Waals surface area contributed by atoms with Crippen LogP contribution in [0.15, 0.2) is 18.2 Å². The minimum Gasteiger partial charge on any atom is -0.389 e. The van der Waals surface area contributed by atoms with Crippen molar-refractivity contribution in [3.8, 4) is 0 Å². The molecule has 1 aliphatic heterocycles. The van der Waals surface area contributed by atoms with Crippen molar-refractivity contribution < 1.29 is 18.3 Å². The summed E-state index contributed by atoms with van der Waals surface area (Å²) in [6, 6.07) is 4.99. The molecule has 6 heteroatoms. The predicted molar refractivity (Wildman–Crippen MR) is 73.1 cm³/mol. The Morgan fingerprint density at radius 1 is 1.40 bits per heavy atom. The maximum atomic E-state index is 12.8. The molecule has 0 saturated carbocycles. The van der Waals surface area contributed by atoms with Gasteiger partial charge in [0.25, 0.3) is 0 Å². The number of hydrogen-bond acceptors (Lipinski definition) is 2. The number of alkyl halides is 3. The Balaban J connectivity index is 2.19. The highest BCUT2D eigenvalue weighted by molar-refractivity contribution is 6.33. The van der Waals surface area contributed by atoms with Crippen LogP contribution in [0.2, 0.25) is 5.02 Å². The molecule has 1 aromatic carbocycles. The van der Waals surface area contributed by atoms with E-state index in [0.29, 0.717) is 29.2 Å². The molecule has 1 fully saturated rings. The highest BCUT2D eigenvalue weighted by atomic mass is 35.5. The standard InChI is InChI=1S/C14H17ClF3NO/c1-9(20)10-4-5-13(12(15)7-10)19-6-2-3-11(8-19)14(16,17)18/h4-5,7,9,11,20H,2-3,6,8H2,1H3/t9-,11?/m0/s1. The fourth-order valence-corrected chi connectivity index (χ4v) is 2.81. The summed E-state index contributed by atoms with van der Waals surface area (Å²) in [6.07, 6.45) is -4.14. The van der Waals surface area contributed by atoms with Gasteiger partial charge in [-0.25, -0.2) is 0 Å². The molecule has 0 spiro atoms. The van der Waals surface area contributed by atoms with E-state index in [1.54, 1.807) is 30.0 Å². The van der Waals surface area contributed by atoms with E-state index in [0.717, 1.165) is 0 Å². The number of anilines is 1. The number of aliphatic hydroxyl groups is 1. The van der Waals surface area contributed by atoms with Crippen molar-refractivity contribution in [2.24, 2.45) is 5.92 Å². The summed E-state index contributed by atoms with van der Waals surface area (Å²) in [7, 11) is 0. The lowest BCUT2D eigenvalue weighted by Crippen LogP contribution is -2.41. The van der Waals surface area contributed by atoms with Crippen molar-refractivity contribution in [1.29, 1.82) is 0 Å². The van der Waals surface area contributed by atoms with E-state index in [4.69, 9.17) is 11.6 Å². The van der Waals surface area contributed by atoms with Crippen LogP contribution in [0.4, 0.5) is 18.9 Å². The van der Waals surface area contributed by atoms with Crippen LogP contribution in [0.1, 0.15) is 31.4 Å². The predicted octanol–water partition coefficient (Wildman–Crippen LogP) is 4.17. The zero-order valence-corrected chi connectivity index (χ0v) is 11.9. The highest BCUT2D eigenvalue weighted by Crippen LogP contribution is 2.37. The van der Waals surface area contributed by atoms with Gasteiger partial charge >= 0.3 is 6.18 Å². The van der Waals surface area contributed by atoms with Gasteiger partial charge in [-0.3, -0.25) is 0 Å². The molecule has 1 N–H and O–H groups in total. The van der Waals surface area contributed by atoms with Crippen molar-refractivity contribution >= 4 is 17.3 Å². The van der Waals surface area contributed by atoms with E-state index in [-0.39, 0.29) is 13.0 Å². The third-order valence-electron chi connectivity index (χ3n) is 3.68. The van der Waals surface area contributed by atoms with Crippen molar-refractivity contribution in [1.82, 2.24) is 0 Å². The van der Waals surface area contributed by atoms with Gasteiger partial charge in [0.2, 0.25) is 0 Å². The Kier molecular flexibility index (Phi) is 4.49. The quantitative estimate of drug-likeness (QED) is 0.886. The summed E-state index contributed by atoms with van der Waals surface area (Å²) >= 11 is 6.13. The van der Waals surface area contributed by atoms with E-state index < -0.39 is 18.2 Å². The first-order valence-corrected chi connectivity index (χ1v) is 6.96. The first kappa shape index (κ1) is 15.4. The summed E-state index contributed by atoms with van der Waals surface area (Å²) in [4.78, 5) is 1.68. The molecule has 2 atom stereocenters. The fourth-order valence-electron chi connectivity index (χ4n) is 2.50. The van der Waals surface area contributed by atoms with E-state index in [2.05, 4.69) is 0 Å². The van der Waals surface area contributed by atoms with Gasteiger partial charge < -0.3 is 10.0 Å². The van der Waals surface area contributed by atoms with E-state index >= 15 is 0 Å². The lowest BCUT2D eigenvalue weighted by molar-refractivity contribution is -0.175. The minimum atomic E-state index is -4.16. The second-order valence-corrected chi connectivity index (χ2v) is 5.62. The molecule has 0 aliphatic carbocycles. The van der Waals surface area contributed by atoms with Gasteiger partial charge in [-0.15, -0.1) is 0 Å². The summed E-state index contributed by atoms with van der Waals surface area (Å²) in [5.74, 6) is -1.30. The maximum Gasteiger partial charge on any atom is 0.393 e. The summed E-state index contributed by atoms with van der Waals surface area (Å²) in [5, 5.41) is 9.86. The molecule has 2 nitrogen and oxygen atoms in total. The van der Waals surface area contributed by atoms with Gasteiger partial charge in [0.05, 0.1) is 22.7 Å². The molecule has 1 aromatic rings. The number of aliphatic hydroxyl groups excluding tert-OH is 1. The summed E-state index contributed by atoms with van der Waals surface area (Å²) < 4.78 is 38.4. The van der Waals surface area contributed by atoms with Crippen LogP contribution < -0.4 is 4.90 Å². The molecule has 1 unspecified atom stereocenters. The Labute approximate surface area is 121 Å². The maximum absolute atomic E-state index is 12.8. The zero-order chi connectivity index (χ0) is 14.9. The molecule has 1 heterocycles. The van der Waals surface area contributed by atoms with Crippen LogP contribution in [0, 0.1) is 5.92 Å². The molecule has 0 amide bonds. The Morgan fingerprint density at radius 2 is 2.10 bits per heavy atom. The number of nitrogens with zero attached hydrogens (tertiary/aromatic N) is 1. The largest absolute Gasteiger partial charge is 0.393 e. The summed E-state index contributed by atoms with van der Waals surface area (Å²) in [5.41, 5.74) is 1.26. The van der Waals surface area contributed by atoms with E-state index in [9.17, 15) is 18.3 Å². The fraction of sp³-hybridized carbons (Fsp3) is 0.571. The third-order valence-corrected chi connectivity index (χ3v) is 3.98. The number of piperidine rings is 1. The van der Waals surface area contributed by atoms with Crippen LogP contribution in [0.25, 0.3) is 0 Å². The number of hydrogen-bond donors (Lipinski definition) is 1. The Bertz CT molecular complexity index is 476. The Hall–Kier alpha value is -0.940. The van der Waals surface area contributed by atoms with Crippen molar-refractivity contribution in [3.63, 3.8) is 0 Å². The van der Waals surface area contributed by atoms with E-state index in [1.165, 1.54) is 0 Å². The lowest BCUT2D eigenvalue weighted by atomic mass is 9.97. The molecule has 0 aromatic heterocycles. The monoisotopic (exact) mass is 307 g/mol. The average molecular weight is 308 g/mol. The molecular weight excluding hydrogens is 291 g/mol. The van der Waals surface area contributed by atoms with Gasteiger partial charge in [0.1, 0.15) is 0 Å². The molecule has 0 bridgehead atoms. The van der Waals surface area contributed by atoms with Crippen LogP contribution in [-0.2, 0) is 0 Å². The number of benzene rings is 1. The average Bonchev–Trinajstić information content (AvgIpc) is 2.37. The van der Waals surface area contributed by atoms with Crippen LogP contribution in [0.5, 0.6) is 0 Å². The SMILES string of the molecule is C[C@H](O)c1ccc(N2CCCC(C(F)(F)F)C2)c(Cl)c1. The van der Waals surface area contributed by atoms with Crippen molar-refractivity contribution in [3.05, 3.63) is 28.8 Å². The molecule has 0 radical (unpaired) electrons. The van der Waals surface area contributed by atoms with Crippen LogP contribution in [-0.4, -0.2) is 24.4 Å². The second-order valence-electron chi connectivity index (χ2n) is 5.21. The van der Waals surface area contributed by atoms with Crippen molar-refractivity contribution in [2.45, 2.75) is 32.0 Å². The first-order chi connectivity index (χ1) is 9.29. The van der Waals surface area contributed by atoms with Crippen LogP contribution in [0.3, 0.4) is 0 Å². The number of rotatable bonds is 2. The molecular formula is C14H17ClF3NO. The Morgan fingerprint density at radius 3 is 2.65 bits per heavy atom.